The first-order valence-electron chi connectivity index (χ1n) is 7.66. The second-order valence-electron chi connectivity index (χ2n) is 5.16. The van der Waals surface area contributed by atoms with E-state index in [4.69, 9.17) is 9.47 Å². The van der Waals surface area contributed by atoms with E-state index in [0.717, 1.165) is 5.56 Å². The third kappa shape index (κ3) is 5.06. The van der Waals surface area contributed by atoms with Crippen LogP contribution in [0.3, 0.4) is 0 Å². The molecule has 1 aromatic carbocycles. The van der Waals surface area contributed by atoms with Crippen LogP contribution in [-0.4, -0.2) is 42.3 Å². The molecule has 0 bridgehead atoms. The maximum absolute atomic E-state index is 12.3. The summed E-state index contributed by atoms with van der Waals surface area (Å²) in [6.07, 6.45) is -0.0945. The van der Waals surface area contributed by atoms with Crippen molar-refractivity contribution in [3.05, 3.63) is 35.9 Å². The number of rotatable bonds is 7. The summed E-state index contributed by atoms with van der Waals surface area (Å²) in [4.78, 5) is 26.0. The van der Waals surface area contributed by atoms with Gasteiger partial charge in [-0.15, -0.1) is 0 Å². The number of amides is 1. The monoisotopic (exact) mass is 307 g/mol. The fourth-order valence-electron chi connectivity index (χ4n) is 2.27. The van der Waals surface area contributed by atoms with Crippen molar-refractivity contribution < 1.29 is 19.1 Å². The average molecular weight is 307 g/mol. The second-order valence-corrected chi connectivity index (χ2v) is 5.16. The number of hydrogen-bond acceptors (Lipinski definition) is 4. The number of carbonyl (C=O) groups is 2. The van der Waals surface area contributed by atoms with E-state index >= 15 is 0 Å². The van der Waals surface area contributed by atoms with Gasteiger partial charge in [0.15, 0.2) is 0 Å². The maximum atomic E-state index is 12.3. The van der Waals surface area contributed by atoms with Crippen LogP contribution in [0.2, 0.25) is 0 Å². The van der Waals surface area contributed by atoms with E-state index < -0.39 is 18.1 Å². The van der Waals surface area contributed by atoms with Gasteiger partial charge in [0.25, 0.3) is 0 Å². The van der Waals surface area contributed by atoms with Gasteiger partial charge < -0.3 is 9.47 Å². The van der Waals surface area contributed by atoms with Crippen LogP contribution in [0.1, 0.15) is 33.3 Å². The summed E-state index contributed by atoms with van der Waals surface area (Å²) in [5, 5.41) is 0. The van der Waals surface area contributed by atoms with Crippen LogP contribution >= 0.6 is 0 Å². The normalized spacial score (nSPS) is 11.9. The molecular formula is C17H25NO4. The lowest BCUT2D eigenvalue weighted by atomic mass is 10.0. The predicted octanol–water partition coefficient (Wildman–Crippen LogP) is 3.03. The zero-order chi connectivity index (χ0) is 16.5. The van der Waals surface area contributed by atoms with E-state index in [0.29, 0.717) is 6.42 Å². The van der Waals surface area contributed by atoms with Crippen LogP contribution in [0, 0.1) is 0 Å². The van der Waals surface area contributed by atoms with Gasteiger partial charge >= 0.3 is 12.1 Å². The summed E-state index contributed by atoms with van der Waals surface area (Å²) < 4.78 is 10.2. The third-order valence-electron chi connectivity index (χ3n) is 3.20. The molecule has 0 saturated carbocycles. The molecule has 1 unspecified atom stereocenters. The number of nitrogens with zero attached hydrogens (tertiary/aromatic N) is 1. The summed E-state index contributed by atoms with van der Waals surface area (Å²) >= 11 is 0. The van der Waals surface area contributed by atoms with Gasteiger partial charge in [0.05, 0.1) is 13.2 Å². The minimum absolute atomic E-state index is 0.169. The highest BCUT2D eigenvalue weighted by atomic mass is 16.6. The number of hydrogen-bond donors (Lipinski definition) is 0. The molecule has 5 heteroatoms. The van der Waals surface area contributed by atoms with Gasteiger partial charge in [-0.3, -0.25) is 4.90 Å². The van der Waals surface area contributed by atoms with E-state index in [1.165, 1.54) is 4.90 Å². The number of esters is 1. The molecule has 1 amide bonds. The largest absolute Gasteiger partial charge is 0.464 e. The highest BCUT2D eigenvalue weighted by Gasteiger charge is 2.34. The topological polar surface area (TPSA) is 55.8 Å². The molecule has 0 aliphatic heterocycles. The minimum atomic E-state index is -0.693. The molecule has 0 N–H and O–H groups in total. The Labute approximate surface area is 132 Å². The molecule has 0 aromatic heterocycles. The quantitative estimate of drug-likeness (QED) is 0.727. The van der Waals surface area contributed by atoms with Crippen molar-refractivity contribution in [1.82, 2.24) is 4.90 Å². The van der Waals surface area contributed by atoms with Gasteiger partial charge in [-0.1, -0.05) is 30.3 Å². The van der Waals surface area contributed by atoms with Crippen LogP contribution in [0.4, 0.5) is 4.79 Å². The van der Waals surface area contributed by atoms with Gasteiger partial charge in [0, 0.05) is 12.5 Å². The molecule has 1 atom stereocenters. The van der Waals surface area contributed by atoms with Crippen LogP contribution in [0.5, 0.6) is 0 Å². The van der Waals surface area contributed by atoms with Gasteiger partial charge in [0.2, 0.25) is 0 Å². The first-order valence-corrected chi connectivity index (χ1v) is 7.66. The van der Waals surface area contributed by atoms with Gasteiger partial charge in [-0.2, -0.15) is 0 Å². The van der Waals surface area contributed by atoms with Crippen molar-refractivity contribution in [2.24, 2.45) is 0 Å². The van der Waals surface area contributed by atoms with E-state index in [1.807, 2.05) is 44.2 Å². The summed E-state index contributed by atoms with van der Waals surface area (Å²) in [6.45, 7) is 7.75. The number of carbonyl (C=O) groups excluding carboxylic acids is 2. The highest BCUT2D eigenvalue weighted by Crippen LogP contribution is 2.15. The first kappa shape index (κ1) is 18.0. The Kier molecular flexibility index (Phi) is 7.43. The number of benzene rings is 1. The molecule has 0 fully saturated rings. The SMILES string of the molecule is CCOC(=O)C(Cc1ccccc1)N(C(=O)OCC)C(C)C. The third-order valence-corrected chi connectivity index (χ3v) is 3.20. The lowest BCUT2D eigenvalue weighted by Gasteiger charge is -2.32. The summed E-state index contributed by atoms with van der Waals surface area (Å²) in [5.41, 5.74) is 0.968. The lowest BCUT2D eigenvalue weighted by Crippen LogP contribution is -2.50. The summed E-state index contributed by atoms with van der Waals surface area (Å²) in [5.74, 6) is -0.409. The van der Waals surface area contributed by atoms with Crippen molar-refractivity contribution in [2.45, 2.75) is 46.2 Å². The van der Waals surface area contributed by atoms with Crippen LogP contribution in [-0.2, 0) is 20.7 Å². The Morgan fingerprint density at radius 2 is 1.64 bits per heavy atom. The summed E-state index contributed by atoms with van der Waals surface area (Å²) in [7, 11) is 0. The standard InChI is InChI=1S/C17H25NO4/c1-5-21-16(19)15(12-14-10-8-7-9-11-14)18(13(3)4)17(20)22-6-2/h7-11,13,15H,5-6,12H2,1-4H3. The maximum Gasteiger partial charge on any atom is 0.410 e. The smallest absolute Gasteiger partial charge is 0.410 e. The molecule has 1 aromatic rings. The second kappa shape index (κ2) is 9.07. The van der Waals surface area contributed by atoms with Crippen LogP contribution in [0.25, 0.3) is 0 Å². The molecule has 1 rings (SSSR count). The Hall–Kier alpha value is -2.04. The van der Waals surface area contributed by atoms with Gasteiger partial charge in [-0.05, 0) is 33.3 Å². The molecule has 0 radical (unpaired) electrons. The van der Waals surface area contributed by atoms with Crippen molar-refractivity contribution in [2.75, 3.05) is 13.2 Å². The van der Waals surface area contributed by atoms with Crippen molar-refractivity contribution in [1.29, 1.82) is 0 Å². The Bertz CT molecular complexity index is 473. The van der Waals surface area contributed by atoms with Crippen LogP contribution in [0.15, 0.2) is 30.3 Å². The molecule has 0 aliphatic rings. The lowest BCUT2D eigenvalue weighted by molar-refractivity contribution is -0.149. The molecular weight excluding hydrogens is 282 g/mol. The molecule has 0 saturated heterocycles. The van der Waals surface area contributed by atoms with E-state index in [-0.39, 0.29) is 19.3 Å². The van der Waals surface area contributed by atoms with Crippen molar-refractivity contribution in [3.8, 4) is 0 Å². The zero-order valence-corrected chi connectivity index (χ0v) is 13.7. The Morgan fingerprint density at radius 3 is 2.14 bits per heavy atom. The molecule has 5 nitrogen and oxygen atoms in total. The van der Waals surface area contributed by atoms with Crippen molar-refractivity contribution in [3.63, 3.8) is 0 Å². The number of ether oxygens (including phenoxy) is 2. The fraction of sp³-hybridized carbons (Fsp3) is 0.529. The van der Waals surface area contributed by atoms with E-state index in [1.54, 1.807) is 13.8 Å². The van der Waals surface area contributed by atoms with Crippen molar-refractivity contribution >= 4 is 12.1 Å². The summed E-state index contributed by atoms with van der Waals surface area (Å²) in [6, 6.07) is 8.71. The zero-order valence-electron chi connectivity index (χ0n) is 13.7. The highest BCUT2D eigenvalue weighted by molar-refractivity contribution is 5.82. The minimum Gasteiger partial charge on any atom is -0.464 e. The molecule has 0 spiro atoms. The Balaban J connectivity index is 3.05. The van der Waals surface area contributed by atoms with E-state index in [2.05, 4.69) is 0 Å². The fourth-order valence-corrected chi connectivity index (χ4v) is 2.27. The van der Waals surface area contributed by atoms with Gasteiger partial charge in [0.1, 0.15) is 6.04 Å². The molecule has 22 heavy (non-hydrogen) atoms. The first-order chi connectivity index (χ1) is 10.5. The molecule has 122 valence electrons. The van der Waals surface area contributed by atoms with E-state index in [9.17, 15) is 9.59 Å². The van der Waals surface area contributed by atoms with Gasteiger partial charge in [-0.25, -0.2) is 9.59 Å². The average Bonchev–Trinajstić information content (AvgIpc) is 2.47. The molecule has 0 aliphatic carbocycles. The predicted molar refractivity (Wildman–Crippen MR) is 84.6 cm³/mol. The Morgan fingerprint density at radius 1 is 1.05 bits per heavy atom. The molecule has 0 heterocycles. The van der Waals surface area contributed by atoms with Crippen LogP contribution < -0.4 is 0 Å².